The van der Waals surface area contributed by atoms with Crippen molar-refractivity contribution in [3.8, 4) is 5.75 Å². The van der Waals surface area contributed by atoms with Gasteiger partial charge in [-0.1, -0.05) is 17.7 Å². The van der Waals surface area contributed by atoms with E-state index in [2.05, 4.69) is 43.2 Å². The summed E-state index contributed by atoms with van der Waals surface area (Å²) in [7, 11) is 3.97. The lowest BCUT2D eigenvalue weighted by Gasteiger charge is -2.31. The number of rotatable bonds is 4. The van der Waals surface area contributed by atoms with Crippen LogP contribution in [0, 0.1) is 13.8 Å². The molecule has 1 aromatic carbocycles. The third-order valence-electron chi connectivity index (χ3n) is 3.92. The molecule has 0 spiro atoms. The number of hydrogen-bond donors (Lipinski definition) is 1. The van der Waals surface area contributed by atoms with E-state index in [1.165, 1.54) is 23.1 Å². The first kappa shape index (κ1) is 14.4. The fraction of sp³-hybridized carbons (Fsp3) is 0.625. The predicted molar refractivity (Wildman–Crippen MR) is 80.1 cm³/mol. The zero-order valence-corrected chi connectivity index (χ0v) is 12.6. The number of likely N-dealkylation sites (N-methyl/N-ethyl adjacent to an activating group) is 1. The van der Waals surface area contributed by atoms with Crippen molar-refractivity contribution >= 4 is 0 Å². The number of ether oxygens (including phenoxy) is 1. The van der Waals surface area contributed by atoms with Gasteiger partial charge in [0.1, 0.15) is 5.75 Å². The summed E-state index contributed by atoms with van der Waals surface area (Å²) >= 11 is 0. The van der Waals surface area contributed by atoms with Gasteiger partial charge < -0.3 is 15.0 Å². The van der Waals surface area contributed by atoms with Crippen molar-refractivity contribution in [2.45, 2.75) is 32.7 Å². The molecular formula is C16H26N2O. The summed E-state index contributed by atoms with van der Waals surface area (Å²) in [5.74, 6) is 1.06. The van der Waals surface area contributed by atoms with Gasteiger partial charge in [-0.25, -0.2) is 0 Å². The zero-order valence-electron chi connectivity index (χ0n) is 12.6. The number of methoxy groups -OCH3 is 1. The average molecular weight is 262 g/mol. The minimum Gasteiger partial charge on any atom is -0.496 e. The Hall–Kier alpha value is -1.06. The molecule has 1 saturated heterocycles. The normalized spacial score (nSPS) is 20.5. The van der Waals surface area contributed by atoms with Gasteiger partial charge in [-0.05, 0) is 44.9 Å². The highest BCUT2D eigenvalue weighted by molar-refractivity contribution is 5.43. The maximum Gasteiger partial charge on any atom is 0.124 e. The number of nitrogens with zero attached hydrogens (tertiary/aromatic N) is 1. The van der Waals surface area contributed by atoms with E-state index in [4.69, 9.17) is 4.74 Å². The third kappa shape index (κ3) is 3.71. The van der Waals surface area contributed by atoms with E-state index in [0.29, 0.717) is 6.04 Å². The lowest BCUT2D eigenvalue weighted by Crippen LogP contribution is -2.49. The van der Waals surface area contributed by atoms with Crippen LogP contribution < -0.4 is 10.1 Å². The van der Waals surface area contributed by atoms with Crippen molar-refractivity contribution < 1.29 is 4.74 Å². The Bertz CT molecular complexity index is 431. The lowest BCUT2D eigenvalue weighted by molar-refractivity contribution is 0.232. The molecule has 1 aliphatic heterocycles. The Morgan fingerprint density at radius 3 is 2.84 bits per heavy atom. The Kier molecular flexibility index (Phi) is 4.83. The second-order valence-electron chi connectivity index (χ2n) is 5.73. The Morgan fingerprint density at radius 2 is 2.16 bits per heavy atom. The van der Waals surface area contributed by atoms with Crippen LogP contribution in [0.5, 0.6) is 5.75 Å². The molecule has 3 nitrogen and oxygen atoms in total. The Balaban J connectivity index is 2.02. The molecule has 0 amide bonds. The molecule has 19 heavy (non-hydrogen) atoms. The van der Waals surface area contributed by atoms with E-state index in [1.807, 2.05) is 0 Å². The van der Waals surface area contributed by atoms with Crippen LogP contribution in [-0.4, -0.2) is 44.7 Å². The standard InChI is InChI=1S/C16H26N2O/c1-12-9-13(2)16(19-4)14(10-12)5-6-15-11-18(3)8-7-17-15/h9-10,15,17H,5-8,11H2,1-4H3. The molecule has 1 heterocycles. The van der Waals surface area contributed by atoms with Crippen molar-refractivity contribution in [2.75, 3.05) is 33.8 Å². The molecule has 3 heteroatoms. The fourth-order valence-electron chi connectivity index (χ4n) is 3.03. The SMILES string of the molecule is COc1c(C)cc(C)cc1CCC1CN(C)CCN1. The lowest BCUT2D eigenvalue weighted by atomic mass is 9.99. The van der Waals surface area contributed by atoms with Crippen LogP contribution in [0.15, 0.2) is 12.1 Å². The summed E-state index contributed by atoms with van der Waals surface area (Å²) in [6.07, 6.45) is 2.25. The summed E-state index contributed by atoms with van der Waals surface area (Å²) in [5.41, 5.74) is 3.91. The van der Waals surface area contributed by atoms with Gasteiger partial charge in [0.05, 0.1) is 7.11 Å². The van der Waals surface area contributed by atoms with Gasteiger partial charge in [-0.3, -0.25) is 0 Å². The second-order valence-corrected chi connectivity index (χ2v) is 5.73. The molecule has 0 saturated carbocycles. The molecule has 0 bridgehead atoms. The van der Waals surface area contributed by atoms with Gasteiger partial charge in [0, 0.05) is 25.7 Å². The van der Waals surface area contributed by atoms with Crippen LogP contribution in [0.3, 0.4) is 0 Å². The van der Waals surface area contributed by atoms with Crippen LogP contribution in [0.4, 0.5) is 0 Å². The first-order valence-electron chi connectivity index (χ1n) is 7.16. The molecule has 0 radical (unpaired) electrons. The minimum absolute atomic E-state index is 0.601. The minimum atomic E-state index is 0.601. The van der Waals surface area contributed by atoms with E-state index in [1.54, 1.807) is 7.11 Å². The molecule has 1 N–H and O–H groups in total. The van der Waals surface area contributed by atoms with E-state index in [9.17, 15) is 0 Å². The molecule has 1 unspecified atom stereocenters. The molecule has 0 aliphatic carbocycles. The molecular weight excluding hydrogens is 236 g/mol. The number of hydrogen-bond acceptors (Lipinski definition) is 3. The van der Waals surface area contributed by atoms with Gasteiger partial charge in [0.25, 0.3) is 0 Å². The largest absolute Gasteiger partial charge is 0.496 e. The summed E-state index contributed by atoms with van der Waals surface area (Å²) in [6, 6.07) is 5.05. The summed E-state index contributed by atoms with van der Waals surface area (Å²) in [4.78, 5) is 2.40. The fourth-order valence-corrected chi connectivity index (χ4v) is 3.03. The highest BCUT2D eigenvalue weighted by Crippen LogP contribution is 2.26. The average Bonchev–Trinajstić information content (AvgIpc) is 2.36. The monoisotopic (exact) mass is 262 g/mol. The van der Waals surface area contributed by atoms with E-state index in [0.717, 1.165) is 31.8 Å². The molecule has 106 valence electrons. The van der Waals surface area contributed by atoms with Crippen molar-refractivity contribution in [2.24, 2.45) is 0 Å². The molecule has 0 aromatic heterocycles. The first-order valence-corrected chi connectivity index (χ1v) is 7.16. The first-order chi connectivity index (χ1) is 9.10. The smallest absolute Gasteiger partial charge is 0.124 e. The molecule has 1 fully saturated rings. The van der Waals surface area contributed by atoms with Gasteiger partial charge in [0.15, 0.2) is 0 Å². The maximum atomic E-state index is 5.56. The highest BCUT2D eigenvalue weighted by Gasteiger charge is 2.17. The van der Waals surface area contributed by atoms with Crippen LogP contribution >= 0.6 is 0 Å². The quantitative estimate of drug-likeness (QED) is 0.900. The van der Waals surface area contributed by atoms with Crippen LogP contribution in [0.25, 0.3) is 0 Å². The molecule has 2 rings (SSSR count). The van der Waals surface area contributed by atoms with Gasteiger partial charge in [-0.15, -0.1) is 0 Å². The van der Waals surface area contributed by atoms with Crippen molar-refractivity contribution in [1.82, 2.24) is 10.2 Å². The van der Waals surface area contributed by atoms with Crippen molar-refractivity contribution in [3.63, 3.8) is 0 Å². The van der Waals surface area contributed by atoms with Crippen LogP contribution in [0.2, 0.25) is 0 Å². The summed E-state index contributed by atoms with van der Waals surface area (Å²) < 4.78 is 5.56. The molecule has 1 aliphatic rings. The topological polar surface area (TPSA) is 24.5 Å². The maximum absolute atomic E-state index is 5.56. The second kappa shape index (κ2) is 6.40. The summed E-state index contributed by atoms with van der Waals surface area (Å²) in [6.45, 7) is 7.69. The van der Waals surface area contributed by atoms with Crippen LogP contribution in [-0.2, 0) is 6.42 Å². The van der Waals surface area contributed by atoms with Crippen molar-refractivity contribution in [3.05, 3.63) is 28.8 Å². The van der Waals surface area contributed by atoms with Gasteiger partial charge >= 0.3 is 0 Å². The van der Waals surface area contributed by atoms with E-state index in [-0.39, 0.29) is 0 Å². The predicted octanol–water partition coefficient (Wildman–Crippen LogP) is 2.15. The number of benzene rings is 1. The Labute approximate surface area is 116 Å². The number of nitrogens with one attached hydrogen (secondary N) is 1. The number of aryl methyl sites for hydroxylation is 3. The van der Waals surface area contributed by atoms with E-state index >= 15 is 0 Å². The van der Waals surface area contributed by atoms with E-state index < -0.39 is 0 Å². The van der Waals surface area contributed by atoms with Crippen LogP contribution in [0.1, 0.15) is 23.1 Å². The Morgan fingerprint density at radius 1 is 1.37 bits per heavy atom. The van der Waals surface area contributed by atoms with Crippen molar-refractivity contribution in [1.29, 1.82) is 0 Å². The number of piperazine rings is 1. The highest BCUT2D eigenvalue weighted by atomic mass is 16.5. The summed E-state index contributed by atoms with van der Waals surface area (Å²) in [5, 5.41) is 3.60. The van der Waals surface area contributed by atoms with Gasteiger partial charge in [0.2, 0.25) is 0 Å². The third-order valence-corrected chi connectivity index (χ3v) is 3.92. The molecule has 1 atom stereocenters. The molecule has 1 aromatic rings. The zero-order chi connectivity index (χ0) is 13.8. The van der Waals surface area contributed by atoms with Gasteiger partial charge in [-0.2, -0.15) is 0 Å².